The van der Waals surface area contributed by atoms with Crippen LogP contribution in [0.2, 0.25) is 0 Å². The van der Waals surface area contributed by atoms with Gasteiger partial charge >= 0.3 is 0 Å². The third-order valence-electron chi connectivity index (χ3n) is 5.04. The average molecular weight is 421 g/mol. The van der Waals surface area contributed by atoms with Crippen LogP contribution in [0.15, 0.2) is 47.8 Å². The van der Waals surface area contributed by atoms with E-state index >= 15 is 0 Å². The fourth-order valence-electron chi connectivity index (χ4n) is 3.41. The maximum Gasteiger partial charge on any atom is 0.235 e. The Bertz CT molecular complexity index is 1270. The second-order valence-electron chi connectivity index (χ2n) is 6.73. The zero-order valence-corrected chi connectivity index (χ0v) is 17.9. The molecule has 0 spiro atoms. The van der Waals surface area contributed by atoms with Crippen molar-refractivity contribution in [1.29, 1.82) is 0 Å². The van der Waals surface area contributed by atoms with Crippen molar-refractivity contribution in [1.82, 2.24) is 29.7 Å². The van der Waals surface area contributed by atoms with Gasteiger partial charge in [0.2, 0.25) is 4.96 Å². The molecule has 146 valence electrons. The molecule has 0 unspecified atom stereocenters. The molecule has 0 fully saturated rings. The minimum atomic E-state index is 0.745. The van der Waals surface area contributed by atoms with Gasteiger partial charge in [-0.1, -0.05) is 49.4 Å². The molecule has 0 amide bonds. The fourth-order valence-corrected chi connectivity index (χ4v) is 4.99. The van der Waals surface area contributed by atoms with E-state index in [0.29, 0.717) is 0 Å². The number of benzene rings is 1. The van der Waals surface area contributed by atoms with Crippen molar-refractivity contribution >= 4 is 38.5 Å². The number of nitrogens with zero attached hydrogens (tertiary/aromatic N) is 6. The third-order valence-corrected chi connectivity index (χ3v) is 6.86. The molecule has 6 nitrogen and oxygen atoms in total. The molecule has 0 N–H and O–H groups in total. The molecule has 0 radical (unpaired) electrons. The van der Waals surface area contributed by atoms with Gasteiger partial charge in [-0.2, -0.15) is 9.61 Å². The van der Waals surface area contributed by atoms with Gasteiger partial charge in [0.15, 0.2) is 5.82 Å². The standard InChI is InChI=1S/C21H20N6S2/c1-3-26(4-2)13-19-23-24-21-27(19)25-20(29-21)15-12-17(18-10-7-11-28-18)22-16-9-6-5-8-14(15)16/h5-12H,3-4,13H2,1-2H3. The summed E-state index contributed by atoms with van der Waals surface area (Å²) in [6, 6.07) is 14.5. The van der Waals surface area contributed by atoms with Gasteiger partial charge < -0.3 is 0 Å². The van der Waals surface area contributed by atoms with Crippen LogP contribution < -0.4 is 0 Å². The molecule has 8 heteroatoms. The quantitative estimate of drug-likeness (QED) is 0.388. The van der Waals surface area contributed by atoms with E-state index in [2.05, 4.69) is 64.7 Å². The van der Waals surface area contributed by atoms with Crippen molar-refractivity contribution in [3.05, 3.63) is 53.7 Å². The van der Waals surface area contributed by atoms with Gasteiger partial charge in [-0.25, -0.2) is 4.98 Å². The van der Waals surface area contributed by atoms with E-state index in [4.69, 9.17) is 10.1 Å². The van der Waals surface area contributed by atoms with Gasteiger partial charge in [0.25, 0.3) is 0 Å². The molecule has 0 bridgehead atoms. The number of hydrogen-bond acceptors (Lipinski definition) is 7. The van der Waals surface area contributed by atoms with Crippen molar-refractivity contribution in [3.8, 4) is 21.1 Å². The predicted molar refractivity (Wildman–Crippen MR) is 119 cm³/mol. The molecule has 0 aliphatic heterocycles. The van der Waals surface area contributed by atoms with Crippen molar-refractivity contribution < 1.29 is 0 Å². The Balaban J connectivity index is 1.65. The highest BCUT2D eigenvalue weighted by Gasteiger charge is 2.17. The molecule has 0 saturated carbocycles. The van der Waals surface area contributed by atoms with Crippen molar-refractivity contribution in [2.45, 2.75) is 20.4 Å². The van der Waals surface area contributed by atoms with Gasteiger partial charge in [0.1, 0.15) is 5.01 Å². The summed E-state index contributed by atoms with van der Waals surface area (Å²) in [5.41, 5.74) is 3.04. The maximum absolute atomic E-state index is 4.90. The lowest BCUT2D eigenvalue weighted by molar-refractivity contribution is 0.286. The van der Waals surface area contributed by atoms with Crippen LogP contribution >= 0.6 is 22.7 Å². The first-order chi connectivity index (χ1) is 14.3. The summed E-state index contributed by atoms with van der Waals surface area (Å²) >= 11 is 3.27. The summed E-state index contributed by atoms with van der Waals surface area (Å²) in [4.78, 5) is 9.16. The molecule has 29 heavy (non-hydrogen) atoms. The van der Waals surface area contributed by atoms with E-state index in [1.54, 1.807) is 22.7 Å². The Labute approximate surface area is 176 Å². The van der Waals surface area contributed by atoms with Crippen LogP contribution in [0.1, 0.15) is 19.7 Å². The van der Waals surface area contributed by atoms with Crippen LogP contribution in [0.25, 0.3) is 37.0 Å². The number of aromatic nitrogens is 5. The van der Waals surface area contributed by atoms with Gasteiger partial charge in [0.05, 0.1) is 22.6 Å². The monoisotopic (exact) mass is 420 g/mol. The van der Waals surface area contributed by atoms with Crippen LogP contribution in [0.5, 0.6) is 0 Å². The minimum Gasteiger partial charge on any atom is -0.296 e. The number of pyridine rings is 1. The third kappa shape index (κ3) is 3.33. The number of para-hydroxylation sites is 1. The van der Waals surface area contributed by atoms with E-state index in [1.165, 1.54) is 0 Å². The molecule has 4 aromatic heterocycles. The highest BCUT2D eigenvalue weighted by Crippen LogP contribution is 2.35. The van der Waals surface area contributed by atoms with Gasteiger partial charge in [0, 0.05) is 10.9 Å². The van der Waals surface area contributed by atoms with Gasteiger partial charge in [-0.15, -0.1) is 21.5 Å². The summed E-state index contributed by atoms with van der Waals surface area (Å²) in [6.07, 6.45) is 0. The first-order valence-corrected chi connectivity index (χ1v) is 11.3. The molecule has 0 saturated heterocycles. The molecule has 0 aliphatic rings. The number of rotatable bonds is 6. The lowest BCUT2D eigenvalue weighted by Gasteiger charge is -2.15. The lowest BCUT2D eigenvalue weighted by atomic mass is 10.1. The topological polar surface area (TPSA) is 59.2 Å². The highest BCUT2D eigenvalue weighted by molar-refractivity contribution is 7.20. The average Bonchev–Trinajstić information content (AvgIpc) is 3.49. The smallest absolute Gasteiger partial charge is 0.235 e. The second kappa shape index (κ2) is 7.62. The number of hydrogen-bond donors (Lipinski definition) is 0. The maximum atomic E-state index is 4.90. The zero-order chi connectivity index (χ0) is 19.8. The van der Waals surface area contributed by atoms with E-state index in [0.717, 1.165) is 62.5 Å². The molecule has 0 aliphatic carbocycles. The predicted octanol–water partition coefficient (Wildman–Crippen LogP) is 4.97. The molecule has 4 heterocycles. The van der Waals surface area contributed by atoms with Crippen LogP contribution in [-0.4, -0.2) is 42.8 Å². The van der Waals surface area contributed by atoms with Crippen LogP contribution in [-0.2, 0) is 6.54 Å². The van der Waals surface area contributed by atoms with E-state index in [9.17, 15) is 0 Å². The Hall–Kier alpha value is -2.68. The molecule has 0 atom stereocenters. The van der Waals surface area contributed by atoms with E-state index in [-0.39, 0.29) is 0 Å². The Morgan fingerprint density at radius 1 is 1.03 bits per heavy atom. The molecule has 5 rings (SSSR count). The molecule has 5 aromatic rings. The van der Waals surface area contributed by atoms with Gasteiger partial charge in [-0.05, 0) is 36.7 Å². The molecular weight excluding hydrogens is 400 g/mol. The van der Waals surface area contributed by atoms with E-state index in [1.807, 2.05) is 16.6 Å². The second-order valence-corrected chi connectivity index (χ2v) is 8.63. The largest absolute Gasteiger partial charge is 0.296 e. The zero-order valence-electron chi connectivity index (χ0n) is 16.2. The van der Waals surface area contributed by atoms with Crippen molar-refractivity contribution in [3.63, 3.8) is 0 Å². The Morgan fingerprint density at radius 3 is 2.69 bits per heavy atom. The summed E-state index contributed by atoms with van der Waals surface area (Å²) in [5.74, 6) is 0.878. The van der Waals surface area contributed by atoms with Crippen molar-refractivity contribution in [2.24, 2.45) is 0 Å². The summed E-state index contributed by atoms with van der Waals surface area (Å²) < 4.78 is 1.89. The van der Waals surface area contributed by atoms with E-state index < -0.39 is 0 Å². The normalized spacial score (nSPS) is 11.8. The first kappa shape index (κ1) is 18.4. The lowest BCUT2D eigenvalue weighted by Crippen LogP contribution is -2.23. The van der Waals surface area contributed by atoms with Crippen LogP contribution in [0, 0.1) is 0 Å². The molecule has 1 aromatic carbocycles. The van der Waals surface area contributed by atoms with Gasteiger partial charge in [-0.3, -0.25) is 4.90 Å². The molecular formula is C21H20N6S2. The SMILES string of the molecule is CCN(CC)Cc1nnc2sc(-c3cc(-c4cccs4)nc4ccccc34)nn12. The summed E-state index contributed by atoms with van der Waals surface area (Å²) in [5, 5.41) is 17.7. The first-order valence-electron chi connectivity index (χ1n) is 9.64. The Kier molecular flexibility index (Phi) is 4.83. The van der Waals surface area contributed by atoms with Crippen LogP contribution in [0.4, 0.5) is 0 Å². The number of fused-ring (bicyclic) bond motifs is 2. The summed E-state index contributed by atoms with van der Waals surface area (Å²) in [7, 11) is 0. The minimum absolute atomic E-state index is 0.745. The Morgan fingerprint density at radius 2 is 1.90 bits per heavy atom. The van der Waals surface area contributed by atoms with Crippen molar-refractivity contribution in [2.75, 3.05) is 13.1 Å². The van der Waals surface area contributed by atoms with Crippen LogP contribution in [0.3, 0.4) is 0 Å². The summed E-state index contributed by atoms with van der Waals surface area (Å²) in [6.45, 7) is 7.00. The highest BCUT2D eigenvalue weighted by atomic mass is 32.1. The fraction of sp³-hybridized carbons (Fsp3) is 0.238. The number of thiophene rings is 1.